The largest absolute Gasteiger partial charge is 0.472 e. The number of rotatable bonds is 49. The van der Waals surface area contributed by atoms with Crippen LogP contribution in [-0.2, 0) is 32.7 Å². The van der Waals surface area contributed by atoms with Gasteiger partial charge in [0.1, 0.15) is 12.7 Å². The summed E-state index contributed by atoms with van der Waals surface area (Å²) in [5.41, 5.74) is 0. The molecule has 0 bridgehead atoms. The molecule has 0 fully saturated rings. The van der Waals surface area contributed by atoms with Gasteiger partial charge < -0.3 is 24.6 Å². The van der Waals surface area contributed by atoms with Crippen LogP contribution in [0.3, 0.4) is 0 Å². The van der Waals surface area contributed by atoms with Crippen LogP contribution in [0.25, 0.3) is 0 Å². The molecule has 0 aromatic heterocycles. The lowest BCUT2D eigenvalue weighted by Gasteiger charge is -2.20. The Morgan fingerprint density at radius 2 is 0.803 bits per heavy atom. The molecule has 11 heteroatoms. The Balaban J connectivity index is 4.16. The van der Waals surface area contributed by atoms with Crippen LogP contribution in [0, 0.1) is 0 Å². The Labute approximate surface area is 375 Å². The number of aliphatic hydroxyl groups is 2. The predicted octanol–water partition coefficient (Wildman–Crippen LogP) is 14.3. The number of unbranched alkanes of at least 4 members (excludes halogenated alkanes) is 33. The number of esters is 2. The number of carbonyl (C=O) groups excluding carboxylic acids is 2. The van der Waals surface area contributed by atoms with Crippen LogP contribution < -0.4 is 0 Å². The molecule has 0 rings (SSSR count). The standard InChI is InChI=1S/C50H97O10P/c1-3-5-7-9-11-13-15-17-19-21-23-25-27-29-31-33-35-37-39-41-49(53)57-45-48(46-59-61(55,56)58-44-47(52)43-51)60-50(54)42-40-38-36-34-32-30-28-26-24-22-20-18-16-14-12-10-8-6-4-2/h22,24,47-48,51-52H,3-21,23,25-46H2,1-2H3,(H,55,56)/b24-22-/t47-,48+/m0/s1. The van der Waals surface area contributed by atoms with E-state index < -0.39 is 51.8 Å². The molecule has 0 aliphatic heterocycles. The van der Waals surface area contributed by atoms with Crippen molar-refractivity contribution in [1.29, 1.82) is 0 Å². The van der Waals surface area contributed by atoms with Gasteiger partial charge in [-0.15, -0.1) is 0 Å². The van der Waals surface area contributed by atoms with Crippen LogP contribution in [-0.4, -0.2) is 65.7 Å². The fraction of sp³-hybridized carbons (Fsp3) is 0.920. The highest BCUT2D eigenvalue weighted by molar-refractivity contribution is 7.47. The minimum atomic E-state index is -4.62. The molecule has 0 aromatic rings. The molecule has 3 N–H and O–H groups in total. The molecule has 0 aromatic carbocycles. The highest BCUT2D eigenvalue weighted by atomic mass is 31.2. The molecule has 0 saturated heterocycles. The third-order valence-corrected chi connectivity index (χ3v) is 12.4. The summed E-state index contributed by atoms with van der Waals surface area (Å²) in [6.45, 7) is 2.43. The number of phosphoric acid groups is 1. The van der Waals surface area contributed by atoms with Crippen LogP contribution in [0.4, 0.5) is 0 Å². The Kier molecular flexibility index (Phi) is 45.7. The third-order valence-electron chi connectivity index (χ3n) is 11.4. The van der Waals surface area contributed by atoms with Gasteiger partial charge in [-0.3, -0.25) is 18.6 Å². The summed E-state index contributed by atoms with van der Waals surface area (Å²) in [4.78, 5) is 35.2. The number of phosphoric ester groups is 1. The molecule has 0 aliphatic rings. The van der Waals surface area contributed by atoms with Gasteiger partial charge in [-0.05, 0) is 38.5 Å². The first-order valence-electron chi connectivity index (χ1n) is 25.6. The van der Waals surface area contributed by atoms with Gasteiger partial charge in [0.15, 0.2) is 6.10 Å². The maximum atomic E-state index is 12.7. The van der Waals surface area contributed by atoms with Crippen LogP contribution in [0.1, 0.15) is 258 Å². The molecule has 61 heavy (non-hydrogen) atoms. The van der Waals surface area contributed by atoms with E-state index in [4.69, 9.17) is 23.6 Å². The zero-order valence-corrected chi connectivity index (χ0v) is 40.5. The number of carbonyl (C=O) groups is 2. The van der Waals surface area contributed by atoms with Crippen molar-refractivity contribution in [3.63, 3.8) is 0 Å². The van der Waals surface area contributed by atoms with Crippen LogP contribution >= 0.6 is 7.82 Å². The highest BCUT2D eigenvalue weighted by Gasteiger charge is 2.27. The number of hydrogen-bond donors (Lipinski definition) is 3. The summed E-state index contributed by atoms with van der Waals surface area (Å²) in [6.07, 6.45) is 47.5. The molecule has 3 atom stereocenters. The van der Waals surface area contributed by atoms with Gasteiger partial charge in [0, 0.05) is 12.8 Å². The first-order valence-corrected chi connectivity index (χ1v) is 27.1. The molecule has 0 radical (unpaired) electrons. The summed E-state index contributed by atoms with van der Waals surface area (Å²) in [6, 6.07) is 0. The van der Waals surface area contributed by atoms with Gasteiger partial charge in [0.05, 0.1) is 19.8 Å². The predicted molar refractivity (Wildman–Crippen MR) is 252 cm³/mol. The lowest BCUT2D eigenvalue weighted by Crippen LogP contribution is -2.29. The first-order chi connectivity index (χ1) is 29.7. The molecule has 0 spiro atoms. The van der Waals surface area contributed by atoms with E-state index in [2.05, 4.69) is 26.0 Å². The van der Waals surface area contributed by atoms with Gasteiger partial charge in [-0.1, -0.05) is 219 Å². The average molecular weight is 889 g/mol. The second kappa shape index (κ2) is 46.7. The fourth-order valence-electron chi connectivity index (χ4n) is 7.46. The fourth-order valence-corrected chi connectivity index (χ4v) is 8.25. The minimum absolute atomic E-state index is 0.184. The topological polar surface area (TPSA) is 149 Å². The van der Waals surface area contributed by atoms with E-state index in [0.717, 1.165) is 38.5 Å². The van der Waals surface area contributed by atoms with Crippen molar-refractivity contribution < 1.29 is 47.8 Å². The van der Waals surface area contributed by atoms with Crippen molar-refractivity contribution in [2.24, 2.45) is 0 Å². The summed E-state index contributed by atoms with van der Waals surface area (Å²) < 4.78 is 32.9. The van der Waals surface area contributed by atoms with E-state index >= 15 is 0 Å². The molecular formula is C50H97O10P. The highest BCUT2D eigenvalue weighted by Crippen LogP contribution is 2.43. The molecule has 10 nitrogen and oxygen atoms in total. The Morgan fingerprint density at radius 1 is 0.475 bits per heavy atom. The molecule has 0 saturated carbocycles. The van der Waals surface area contributed by atoms with Crippen molar-refractivity contribution >= 4 is 19.8 Å². The average Bonchev–Trinajstić information content (AvgIpc) is 3.25. The third kappa shape index (κ3) is 46.5. The SMILES string of the molecule is CCCCCCCCCC/C=C\CCCCCCCCCC(=O)O[C@H](COC(=O)CCCCCCCCCCCCCCCCCCCCC)COP(=O)(O)OC[C@@H](O)CO. The van der Waals surface area contributed by atoms with Crippen LogP contribution in [0.5, 0.6) is 0 Å². The molecule has 0 heterocycles. The lowest BCUT2D eigenvalue weighted by atomic mass is 10.0. The van der Waals surface area contributed by atoms with Gasteiger partial charge in [-0.2, -0.15) is 0 Å². The normalized spacial score (nSPS) is 13.7. The Hall–Kier alpha value is -1.29. The van der Waals surface area contributed by atoms with Crippen molar-refractivity contribution in [3.05, 3.63) is 12.2 Å². The monoisotopic (exact) mass is 889 g/mol. The first kappa shape index (κ1) is 59.7. The molecule has 0 amide bonds. The lowest BCUT2D eigenvalue weighted by molar-refractivity contribution is -0.161. The van der Waals surface area contributed by atoms with E-state index in [9.17, 15) is 24.2 Å². The summed E-state index contributed by atoms with van der Waals surface area (Å²) in [5.74, 6) is -0.913. The van der Waals surface area contributed by atoms with E-state index in [0.29, 0.717) is 12.8 Å². The molecular weight excluding hydrogens is 792 g/mol. The molecule has 362 valence electrons. The van der Waals surface area contributed by atoms with Crippen molar-refractivity contribution in [1.82, 2.24) is 0 Å². The molecule has 0 aliphatic carbocycles. The molecule has 1 unspecified atom stereocenters. The number of allylic oxidation sites excluding steroid dienone is 2. The zero-order valence-electron chi connectivity index (χ0n) is 39.7. The number of aliphatic hydroxyl groups excluding tert-OH is 2. The number of ether oxygens (including phenoxy) is 2. The van der Waals surface area contributed by atoms with E-state index in [-0.39, 0.29) is 19.4 Å². The smallest absolute Gasteiger partial charge is 0.462 e. The van der Waals surface area contributed by atoms with E-state index in [1.54, 1.807) is 0 Å². The van der Waals surface area contributed by atoms with Crippen LogP contribution in [0.2, 0.25) is 0 Å². The second-order valence-electron chi connectivity index (χ2n) is 17.6. The summed E-state index contributed by atoms with van der Waals surface area (Å²) >= 11 is 0. The van der Waals surface area contributed by atoms with Gasteiger partial charge in [0.25, 0.3) is 0 Å². The maximum absolute atomic E-state index is 12.7. The van der Waals surface area contributed by atoms with Crippen molar-refractivity contribution in [3.8, 4) is 0 Å². The van der Waals surface area contributed by atoms with E-state index in [1.165, 1.54) is 180 Å². The summed E-state index contributed by atoms with van der Waals surface area (Å²) in [7, 11) is -4.62. The minimum Gasteiger partial charge on any atom is -0.462 e. The van der Waals surface area contributed by atoms with Crippen molar-refractivity contribution in [2.75, 3.05) is 26.4 Å². The number of hydrogen-bond acceptors (Lipinski definition) is 9. The second-order valence-corrected chi connectivity index (χ2v) is 19.0. The Morgan fingerprint density at radius 3 is 1.18 bits per heavy atom. The van der Waals surface area contributed by atoms with Gasteiger partial charge in [0.2, 0.25) is 0 Å². The Bertz CT molecular complexity index is 1020. The van der Waals surface area contributed by atoms with Crippen molar-refractivity contribution in [2.45, 2.75) is 270 Å². The van der Waals surface area contributed by atoms with Gasteiger partial charge in [-0.25, -0.2) is 4.57 Å². The van der Waals surface area contributed by atoms with Gasteiger partial charge >= 0.3 is 19.8 Å². The van der Waals surface area contributed by atoms with E-state index in [1.807, 2.05) is 0 Å². The summed E-state index contributed by atoms with van der Waals surface area (Å²) in [5, 5.41) is 18.4. The maximum Gasteiger partial charge on any atom is 0.472 e. The zero-order chi connectivity index (χ0) is 44.8. The van der Waals surface area contributed by atoms with Crippen LogP contribution in [0.15, 0.2) is 12.2 Å². The quantitative estimate of drug-likeness (QED) is 0.0233.